The molecule has 0 saturated heterocycles. The van der Waals surface area contributed by atoms with Crippen LogP contribution in [0.15, 0.2) is 35.8 Å². The van der Waals surface area contributed by atoms with Crippen molar-refractivity contribution in [2.75, 3.05) is 0 Å². The normalized spacial score (nSPS) is 11.3. The van der Waals surface area contributed by atoms with Gasteiger partial charge in [0.1, 0.15) is 11.6 Å². The summed E-state index contributed by atoms with van der Waals surface area (Å²) >= 11 is 1.80. The number of H-pyrrole nitrogens is 1. The van der Waals surface area contributed by atoms with Gasteiger partial charge in [0.2, 0.25) is 0 Å². The maximum atomic E-state index is 4.54. The lowest BCUT2D eigenvalue weighted by molar-refractivity contribution is 0.240. The third kappa shape index (κ3) is 4.24. The second kappa shape index (κ2) is 7.48. The molecule has 3 heterocycles. The molecule has 0 fully saturated rings. The maximum absolute atomic E-state index is 4.54. The Morgan fingerprint density at radius 1 is 1.17 bits per heavy atom. The van der Waals surface area contributed by atoms with Crippen LogP contribution in [-0.4, -0.2) is 25.1 Å². The lowest BCUT2D eigenvalue weighted by Crippen LogP contribution is -2.23. The van der Waals surface area contributed by atoms with Gasteiger partial charge in [-0.3, -0.25) is 15.0 Å². The van der Waals surface area contributed by atoms with Crippen LogP contribution in [0, 0.1) is 6.92 Å². The summed E-state index contributed by atoms with van der Waals surface area (Å²) in [7, 11) is 0. The van der Waals surface area contributed by atoms with Crippen molar-refractivity contribution in [1.29, 1.82) is 0 Å². The molecule has 0 atom stereocenters. The molecule has 0 aliphatic rings. The SMILES string of the molecule is CCc1n[nH]c(CN(Cc2ccccn2)Cc2sccc2C)n1. The molecule has 5 nitrogen and oxygen atoms in total. The van der Waals surface area contributed by atoms with Crippen LogP contribution in [0.4, 0.5) is 0 Å². The summed E-state index contributed by atoms with van der Waals surface area (Å²) in [6.07, 6.45) is 2.69. The van der Waals surface area contributed by atoms with Gasteiger partial charge in [0.25, 0.3) is 0 Å². The number of thiophene rings is 1. The molecule has 1 N–H and O–H groups in total. The van der Waals surface area contributed by atoms with Gasteiger partial charge in [0, 0.05) is 30.6 Å². The zero-order chi connectivity index (χ0) is 16.1. The van der Waals surface area contributed by atoms with E-state index in [-0.39, 0.29) is 0 Å². The molecular formula is C17H21N5S. The first-order chi connectivity index (χ1) is 11.2. The highest BCUT2D eigenvalue weighted by molar-refractivity contribution is 7.10. The molecule has 6 heteroatoms. The zero-order valence-corrected chi connectivity index (χ0v) is 14.3. The topological polar surface area (TPSA) is 57.7 Å². The number of aromatic nitrogens is 4. The van der Waals surface area contributed by atoms with E-state index >= 15 is 0 Å². The van der Waals surface area contributed by atoms with Crippen LogP contribution in [0.25, 0.3) is 0 Å². The van der Waals surface area contributed by atoms with Crippen LogP contribution in [0.2, 0.25) is 0 Å². The summed E-state index contributed by atoms with van der Waals surface area (Å²) in [6, 6.07) is 8.20. The van der Waals surface area contributed by atoms with Crippen molar-refractivity contribution in [1.82, 2.24) is 25.1 Å². The number of pyridine rings is 1. The average molecular weight is 327 g/mol. The van der Waals surface area contributed by atoms with Gasteiger partial charge in [-0.15, -0.1) is 11.3 Å². The zero-order valence-electron chi connectivity index (χ0n) is 13.5. The Bertz CT molecular complexity index is 734. The van der Waals surface area contributed by atoms with Gasteiger partial charge in [-0.05, 0) is 36.1 Å². The molecule has 0 radical (unpaired) electrons. The van der Waals surface area contributed by atoms with E-state index in [1.807, 2.05) is 18.3 Å². The average Bonchev–Trinajstić information content (AvgIpc) is 3.18. The number of nitrogens with one attached hydrogen (secondary N) is 1. The molecule has 120 valence electrons. The smallest absolute Gasteiger partial charge is 0.150 e. The number of aryl methyl sites for hydroxylation is 2. The minimum absolute atomic E-state index is 0.737. The summed E-state index contributed by atoms with van der Waals surface area (Å²) < 4.78 is 0. The van der Waals surface area contributed by atoms with Gasteiger partial charge < -0.3 is 0 Å². The Hall–Kier alpha value is -2.05. The third-order valence-electron chi connectivity index (χ3n) is 3.71. The number of rotatable bonds is 7. The van der Waals surface area contributed by atoms with Crippen molar-refractivity contribution >= 4 is 11.3 Å². The predicted molar refractivity (Wildman–Crippen MR) is 92.0 cm³/mol. The molecule has 0 unspecified atom stereocenters. The van der Waals surface area contributed by atoms with E-state index in [1.54, 1.807) is 11.3 Å². The van der Waals surface area contributed by atoms with Gasteiger partial charge in [0.05, 0.1) is 12.2 Å². The highest BCUT2D eigenvalue weighted by Gasteiger charge is 2.13. The number of hydrogen-bond acceptors (Lipinski definition) is 5. The van der Waals surface area contributed by atoms with E-state index in [1.165, 1.54) is 10.4 Å². The first-order valence-corrected chi connectivity index (χ1v) is 8.68. The summed E-state index contributed by atoms with van der Waals surface area (Å²) in [5.74, 6) is 1.78. The maximum Gasteiger partial charge on any atom is 0.150 e. The van der Waals surface area contributed by atoms with Crippen LogP contribution in [0.1, 0.15) is 34.7 Å². The summed E-state index contributed by atoms with van der Waals surface area (Å²) in [6.45, 7) is 6.64. The Balaban J connectivity index is 1.76. The van der Waals surface area contributed by atoms with Crippen LogP contribution < -0.4 is 0 Å². The molecular weight excluding hydrogens is 306 g/mol. The minimum atomic E-state index is 0.737. The minimum Gasteiger partial charge on any atom is -0.285 e. The molecule has 0 saturated carbocycles. The van der Waals surface area contributed by atoms with Crippen LogP contribution >= 0.6 is 11.3 Å². The second-order valence-electron chi connectivity index (χ2n) is 5.54. The molecule has 3 aromatic heterocycles. The fourth-order valence-corrected chi connectivity index (χ4v) is 3.38. The summed E-state index contributed by atoms with van der Waals surface area (Å²) in [5, 5.41) is 9.43. The molecule has 0 bridgehead atoms. The third-order valence-corrected chi connectivity index (χ3v) is 4.72. The second-order valence-corrected chi connectivity index (χ2v) is 6.55. The van der Waals surface area contributed by atoms with Crippen molar-refractivity contribution in [3.63, 3.8) is 0 Å². The van der Waals surface area contributed by atoms with E-state index in [0.717, 1.165) is 43.4 Å². The van der Waals surface area contributed by atoms with E-state index in [4.69, 9.17) is 0 Å². The van der Waals surface area contributed by atoms with E-state index in [9.17, 15) is 0 Å². The lowest BCUT2D eigenvalue weighted by Gasteiger charge is -2.20. The van der Waals surface area contributed by atoms with Crippen molar-refractivity contribution in [2.24, 2.45) is 0 Å². The van der Waals surface area contributed by atoms with E-state index in [2.05, 4.69) is 56.4 Å². The Morgan fingerprint density at radius 3 is 2.74 bits per heavy atom. The van der Waals surface area contributed by atoms with Crippen LogP contribution in [-0.2, 0) is 26.1 Å². The van der Waals surface area contributed by atoms with Gasteiger partial charge in [0.15, 0.2) is 0 Å². The van der Waals surface area contributed by atoms with Crippen molar-refractivity contribution in [2.45, 2.75) is 39.9 Å². The van der Waals surface area contributed by atoms with E-state index in [0.29, 0.717) is 0 Å². The quantitative estimate of drug-likeness (QED) is 0.723. The molecule has 3 aromatic rings. The molecule has 3 rings (SSSR count). The lowest BCUT2D eigenvalue weighted by atomic mass is 10.2. The highest BCUT2D eigenvalue weighted by atomic mass is 32.1. The first-order valence-electron chi connectivity index (χ1n) is 7.80. The standard InChI is InChI=1S/C17H21N5S/c1-3-16-19-17(21-20-16)12-22(10-14-6-4-5-8-18-14)11-15-13(2)7-9-23-15/h4-9H,3,10-12H2,1-2H3,(H,19,20,21). The number of aromatic amines is 1. The monoisotopic (exact) mass is 327 g/mol. The number of nitrogens with zero attached hydrogens (tertiary/aromatic N) is 4. The Labute approximate surface area is 140 Å². The fourth-order valence-electron chi connectivity index (χ4n) is 2.43. The summed E-state index contributed by atoms with van der Waals surface area (Å²) in [4.78, 5) is 12.7. The number of hydrogen-bond donors (Lipinski definition) is 1. The van der Waals surface area contributed by atoms with Crippen molar-refractivity contribution in [3.05, 3.63) is 63.6 Å². The van der Waals surface area contributed by atoms with E-state index < -0.39 is 0 Å². The van der Waals surface area contributed by atoms with Gasteiger partial charge in [-0.25, -0.2) is 4.98 Å². The van der Waals surface area contributed by atoms with Gasteiger partial charge in [-0.1, -0.05) is 13.0 Å². The molecule has 0 amide bonds. The Kier molecular flexibility index (Phi) is 5.15. The summed E-state index contributed by atoms with van der Waals surface area (Å²) in [5.41, 5.74) is 2.41. The van der Waals surface area contributed by atoms with Crippen LogP contribution in [0.3, 0.4) is 0 Å². The van der Waals surface area contributed by atoms with Crippen LogP contribution in [0.5, 0.6) is 0 Å². The van der Waals surface area contributed by atoms with Crippen molar-refractivity contribution in [3.8, 4) is 0 Å². The first kappa shape index (κ1) is 15.8. The predicted octanol–water partition coefficient (Wildman–Crippen LogP) is 3.33. The molecule has 0 spiro atoms. The Morgan fingerprint density at radius 2 is 2.09 bits per heavy atom. The van der Waals surface area contributed by atoms with Gasteiger partial charge in [-0.2, -0.15) is 5.10 Å². The molecule has 0 aliphatic heterocycles. The molecule has 23 heavy (non-hydrogen) atoms. The fraction of sp³-hybridized carbons (Fsp3) is 0.353. The largest absolute Gasteiger partial charge is 0.285 e. The van der Waals surface area contributed by atoms with Crippen molar-refractivity contribution < 1.29 is 0 Å². The van der Waals surface area contributed by atoms with Gasteiger partial charge >= 0.3 is 0 Å². The molecule has 0 aliphatic carbocycles. The highest BCUT2D eigenvalue weighted by Crippen LogP contribution is 2.20. The molecule has 0 aromatic carbocycles.